The van der Waals surface area contributed by atoms with Crippen molar-refractivity contribution in [1.29, 1.82) is 0 Å². The Balaban J connectivity index is 2.09. The molecular formula is C14H13BrN2O2S. The Labute approximate surface area is 129 Å². The standard InChI is InChI=1S/C14H13BrN2O2S/c1-9-3-5-12(6-4-9)20-14-13(15)7-11(19-14)8-16-17-10(2)18/h3-8H,1-2H3,(H,17,18)/b16-8-. The number of hydrogen-bond donors (Lipinski definition) is 1. The maximum absolute atomic E-state index is 10.7. The van der Waals surface area contributed by atoms with E-state index < -0.39 is 0 Å². The minimum atomic E-state index is -0.221. The van der Waals surface area contributed by atoms with Crippen LogP contribution >= 0.6 is 27.7 Å². The number of carbonyl (C=O) groups excluding carboxylic acids is 1. The number of furan rings is 1. The molecule has 0 aliphatic heterocycles. The second kappa shape index (κ2) is 6.76. The van der Waals surface area contributed by atoms with Gasteiger partial charge in [-0.05, 0) is 35.0 Å². The molecule has 0 radical (unpaired) electrons. The Kier molecular flexibility index (Phi) is 5.03. The van der Waals surface area contributed by atoms with E-state index >= 15 is 0 Å². The molecule has 1 heterocycles. The Morgan fingerprint density at radius 2 is 2.10 bits per heavy atom. The molecule has 2 rings (SSSR count). The first kappa shape index (κ1) is 14.9. The van der Waals surface area contributed by atoms with E-state index in [1.165, 1.54) is 30.5 Å². The van der Waals surface area contributed by atoms with Crippen molar-refractivity contribution in [2.24, 2.45) is 5.10 Å². The molecule has 6 heteroatoms. The molecule has 0 spiro atoms. The van der Waals surface area contributed by atoms with Crippen molar-refractivity contribution in [2.75, 3.05) is 0 Å². The lowest BCUT2D eigenvalue weighted by atomic mass is 10.2. The van der Waals surface area contributed by atoms with Gasteiger partial charge in [-0.1, -0.05) is 29.5 Å². The number of carbonyl (C=O) groups is 1. The van der Waals surface area contributed by atoms with Gasteiger partial charge in [-0.15, -0.1) is 0 Å². The Bertz CT molecular complexity index is 635. The highest BCUT2D eigenvalue weighted by Gasteiger charge is 2.09. The third kappa shape index (κ3) is 4.25. The SMILES string of the molecule is CC(=O)N/N=C\c1cc(Br)c(Sc2ccc(C)cc2)o1. The number of hydrazone groups is 1. The number of aryl methyl sites for hydroxylation is 1. The first-order valence-corrected chi connectivity index (χ1v) is 7.49. The molecule has 1 aromatic heterocycles. The van der Waals surface area contributed by atoms with Crippen LogP contribution in [0.4, 0.5) is 0 Å². The number of nitrogens with one attached hydrogen (secondary N) is 1. The Morgan fingerprint density at radius 3 is 2.75 bits per heavy atom. The van der Waals surface area contributed by atoms with Gasteiger partial charge in [0.2, 0.25) is 5.91 Å². The van der Waals surface area contributed by atoms with Gasteiger partial charge in [0.15, 0.2) is 5.09 Å². The highest BCUT2D eigenvalue weighted by atomic mass is 79.9. The summed E-state index contributed by atoms with van der Waals surface area (Å²) in [5.41, 5.74) is 3.55. The molecule has 0 aliphatic carbocycles. The molecule has 0 saturated carbocycles. The van der Waals surface area contributed by atoms with Crippen molar-refractivity contribution in [3.8, 4) is 0 Å². The molecular weight excluding hydrogens is 340 g/mol. The summed E-state index contributed by atoms with van der Waals surface area (Å²) in [6, 6.07) is 10.00. The van der Waals surface area contributed by atoms with E-state index in [-0.39, 0.29) is 5.91 Å². The normalized spacial score (nSPS) is 10.9. The topological polar surface area (TPSA) is 54.6 Å². The molecule has 0 atom stereocenters. The van der Waals surface area contributed by atoms with E-state index in [9.17, 15) is 4.79 Å². The Hall–Kier alpha value is -1.53. The zero-order chi connectivity index (χ0) is 14.5. The summed E-state index contributed by atoms with van der Waals surface area (Å²) < 4.78 is 6.50. The van der Waals surface area contributed by atoms with Crippen LogP contribution in [-0.2, 0) is 4.79 Å². The van der Waals surface area contributed by atoms with Crippen LogP contribution in [0.5, 0.6) is 0 Å². The first-order chi connectivity index (χ1) is 9.54. The van der Waals surface area contributed by atoms with Crippen molar-refractivity contribution in [2.45, 2.75) is 23.8 Å². The summed E-state index contributed by atoms with van der Waals surface area (Å²) in [7, 11) is 0. The molecule has 2 aromatic rings. The van der Waals surface area contributed by atoms with Gasteiger partial charge in [-0.3, -0.25) is 4.79 Å². The van der Waals surface area contributed by atoms with E-state index in [2.05, 4.69) is 38.6 Å². The molecule has 0 bridgehead atoms. The van der Waals surface area contributed by atoms with Crippen LogP contribution < -0.4 is 5.43 Å². The van der Waals surface area contributed by atoms with Gasteiger partial charge in [0, 0.05) is 17.9 Å². The fourth-order valence-electron chi connectivity index (χ4n) is 1.40. The molecule has 20 heavy (non-hydrogen) atoms. The number of halogens is 1. The van der Waals surface area contributed by atoms with Crippen molar-refractivity contribution in [1.82, 2.24) is 5.43 Å². The van der Waals surface area contributed by atoms with Gasteiger partial charge in [0.05, 0.1) is 10.7 Å². The summed E-state index contributed by atoms with van der Waals surface area (Å²) in [5, 5.41) is 4.51. The fourth-order valence-corrected chi connectivity index (χ4v) is 2.73. The Morgan fingerprint density at radius 1 is 1.40 bits per heavy atom. The van der Waals surface area contributed by atoms with Crippen LogP contribution in [0.2, 0.25) is 0 Å². The molecule has 1 amide bonds. The lowest BCUT2D eigenvalue weighted by Crippen LogP contribution is -2.12. The summed E-state index contributed by atoms with van der Waals surface area (Å²) >= 11 is 4.97. The van der Waals surface area contributed by atoms with Gasteiger partial charge < -0.3 is 4.42 Å². The third-order valence-electron chi connectivity index (χ3n) is 2.32. The van der Waals surface area contributed by atoms with E-state index in [1.54, 1.807) is 0 Å². The van der Waals surface area contributed by atoms with E-state index in [0.717, 1.165) is 14.5 Å². The molecule has 0 fully saturated rings. The van der Waals surface area contributed by atoms with Gasteiger partial charge in [-0.25, -0.2) is 5.43 Å². The first-order valence-electron chi connectivity index (χ1n) is 5.88. The van der Waals surface area contributed by atoms with Crippen LogP contribution in [0, 0.1) is 6.92 Å². The molecule has 0 unspecified atom stereocenters. The highest BCUT2D eigenvalue weighted by Crippen LogP contribution is 2.35. The molecule has 1 aromatic carbocycles. The average Bonchev–Trinajstić information content (AvgIpc) is 2.72. The van der Waals surface area contributed by atoms with Crippen molar-refractivity contribution >= 4 is 39.8 Å². The average molecular weight is 353 g/mol. The fraction of sp³-hybridized carbons (Fsp3) is 0.143. The number of nitrogens with zero attached hydrogens (tertiary/aromatic N) is 1. The van der Waals surface area contributed by atoms with Crippen LogP contribution in [0.25, 0.3) is 0 Å². The number of amides is 1. The van der Waals surface area contributed by atoms with Gasteiger partial charge in [0.1, 0.15) is 5.76 Å². The van der Waals surface area contributed by atoms with Gasteiger partial charge in [0.25, 0.3) is 0 Å². The van der Waals surface area contributed by atoms with E-state index in [0.29, 0.717) is 5.76 Å². The van der Waals surface area contributed by atoms with E-state index in [4.69, 9.17) is 4.42 Å². The maximum Gasteiger partial charge on any atom is 0.236 e. The number of rotatable bonds is 4. The summed E-state index contributed by atoms with van der Waals surface area (Å²) in [4.78, 5) is 11.8. The van der Waals surface area contributed by atoms with Crippen LogP contribution in [0.1, 0.15) is 18.2 Å². The lowest BCUT2D eigenvalue weighted by molar-refractivity contribution is -0.118. The minimum Gasteiger partial charge on any atom is -0.447 e. The van der Waals surface area contributed by atoms with Gasteiger partial charge in [-0.2, -0.15) is 5.10 Å². The summed E-state index contributed by atoms with van der Waals surface area (Å²) in [5.74, 6) is 0.348. The van der Waals surface area contributed by atoms with Crippen LogP contribution in [-0.4, -0.2) is 12.1 Å². The monoisotopic (exact) mass is 352 g/mol. The van der Waals surface area contributed by atoms with Crippen molar-refractivity contribution < 1.29 is 9.21 Å². The van der Waals surface area contributed by atoms with Gasteiger partial charge >= 0.3 is 0 Å². The smallest absolute Gasteiger partial charge is 0.236 e. The molecule has 1 N–H and O–H groups in total. The molecule has 0 aliphatic rings. The second-order valence-electron chi connectivity index (χ2n) is 4.13. The third-order valence-corrected chi connectivity index (χ3v) is 4.17. The predicted octanol–water partition coefficient (Wildman–Crippen LogP) is 3.97. The number of benzene rings is 1. The molecule has 0 saturated heterocycles. The number of hydrogen-bond acceptors (Lipinski definition) is 4. The molecule has 4 nitrogen and oxygen atoms in total. The summed E-state index contributed by atoms with van der Waals surface area (Å²) in [6.45, 7) is 3.45. The maximum atomic E-state index is 10.7. The van der Waals surface area contributed by atoms with Crippen LogP contribution in [0.15, 0.2) is 54.3 Å². The predicted molar refractivity (Wildman–Crippen MR) is 83.1 cm³/mol. The second-order valence-corrected chi connectivity index (χ2v) is 6.03. The van der Waals surface area contributed by atoms with Crippen molar-refractivity contribution in [3.63, 3.8) is 0 Å². The zero-order valence-corrected chi connectivity index (χ0v) is 13.4. The van der Waals surface area contributed by atoms with Crippen molar-refractivity contribution in [3.05, 3.63) is 46.1 Å². The quantitative estimate of drug-likeness (QED) is 0.668. The van der Waals surface area contributed by atoms with Crippen LogP contribution in [0.3, 0.4) is 0 Å². The largest absolute Gasteiger partial charge is 0.447 e. The minimum absolute atomic E-state index is 0.221. The zero-order valence-electron chi connectivity index (χ0n) is 11.0. The highest BCUT2D eigenvalue weighted by molar-refractivity contribution is 9.10. The summed E-state index contributed by atoms with van der Waals surface area (Å²) in [6.07, 6.45) is 1.46. The molecule has 104 valence electrons. The van der Waals surface area contributed by atoms with E-state index in [1.807, 2.05) is 25.1 Å². The lowest BCUT2D eigenvalue weighted by Gasteiger charge is -1.99.